The van der Waals surface area contributed by atoms with Gasteiger partial charge in [0.15, 0.2) is 5.69 Å². The van der Waals surface area contributed by atoms with Gasteiger partial charge in [-0.25, -0.2) is 0 Å². The van der Waals surface area contributed by atoms with Gasteiger partial charge in [0, 0.05) is 44.3 Å². The molecule has 0 spiro atoms. The van der Waals surface area contributed by atoms with Gasteiger partial charge in [0.1, 0.15) is 23.6 Å². The SMILES string of the molecule is CNC(=O)C1(NC(=O)c2c3cc(OCc4cccnc4C(F)(F)F)ccc3nn2C)CCOC1. The molecule has 12 heteroatoms. The number of carbonyl (C=O) groups excluding carboxylic acids is 2. The highest BCUT2D eigenvalue weighted by Crippen LogP contribution is 2.31. The van der Waals surface area contributed by atoms with E-state index in [1.807, 2.05) is 0 Å². The summed E-state index contributed by atoms with van der Waals surface area (Å²) in [7, 11) is 3.06. The Morgan fingerprint density at radius 3 is 2.76 bits per heavy atom. The zero-order chi connectivity index (χ0) is 24.5. The van der Waals surface area contributed by atoms with E-state index in [0.29, 0.717) is 23.9 Å². The van der Waals surface area contributed by atoms with Crippen LogP contribution in [0.1, 0.15) is 28.2 Å². The maximum Gasteiger partial charge on any atom is 0.433 e. The van der Waals surface area contributed by atoms with Gasteiger partial charge in [-0.3, -0.25) is 19.3 Å². The van der Waals surface area contributed by atoms with E-state index in [9.17, 15) is 22.8 Å². The largest absolute Gasteiger partial charge is 0.489 e. The van der Waals surface area contributed by atoms with Gasteiger partial charge in [-0.1, -0.05) is 6.07 Å². The maximum atomic E-state index is 13.2. The summed E-state index contributed by atoms with van der Waals surface area (Å²) >= 11 is 0. The van der Waals surface area contributed by atoms with E-state index in [2.05, 4.69) is 20.7 Å². The van der Waals surface area contributed by atoms with Crippen molar-refractivity contribution in [2.75, 3.05) is 20.3 Å². The number of rotatable bonds is 6. The fourth-order valence-electron chi connectivity index (χ4n) is 3.92. The van der Waals surface area contributed by atoms with E-state index in [-0.39, 0.29) is 36.1 Å². The van der Waals surface area contributed by atoms with Crippen LogP contribution in [0.2, 0.25) is 0 Å². The van der Waals surface area contributed by atoms with Gasteiger partial charge in [0.05, 0.1) is 12.1 Å². The number of amides is 2. The molecule has 0 aliphatic carbocycles. The van der Waals surface area contributed by atoms with Gasteiger partial charge in [-0.05, 0) is 24.3 Å². The van der Waals surface area contributed by atoms with Gasteiger partial charge in [0.25, 0.3) is 5.91 Å². The molecule has 3 aromatic rings. The van der Waals surface area contributed by atoms with Crippen LogP contribution in [0.4, 0.5) is 13.2 Å². The van der Waals surface area contributed by atoms with Gasteiger partial charge in [-0.15, -0.1) is 0 Å². The first-order chi connectivity index (χ1) is 16.1. The number of nitrogens with zero attached hydrogens (tertiary/aromatic N) is 3. The molecule has 1 saturated heterocycles. The van der Waals surface area contributed by atoms with Crippen molar-refractivity contribution in [2.24, 2.45) is 7.05 Å². The lowest BCUT2D eigenvalue weighted by Crippen LogP contribution is -2.59. The number of pyridine rings is 1. The smallest absolute Gasteiger partial charge is 0.433 e. The van der Waals surface area contributed by atoms with Gasteiger partial charge in [0.2, 0.25) is 5.91 Å². The molecule has 1 unspecified atom stereocenters. The predicted molar refractivity (Wildman–Crippen MR) is 114 cm³/mol. The third-order valence-electron chi connectivity index (χ3n) is 5.61. The summed E-state index contributed by atoms with van der Waals surface area (Å²) in [5.41, 5.74) is -1.68. The van der Waals surface area contributed by atoms with Crippen molar-refractivity contribution in [2.45, 2.75) is 24.7 Å². The van der Waals surface area contributed by atoms with Crippen LogP contribution < -0.4 is 15.4 Å². The molecule has 0 radical (unpaired) electrons. The number of hydrogen-bond acceptors (Lipinski definition) is 6. The summed E-state index contributed by atoms with van der Waals surface area (Å²) in [6.07, 6.45) is -3.22. The number of alkyl halides is 3. The van der Waals surface area contributed by atoms with Gasteiger partial charge >= 0.3 is 6.18 Å². The van der Waals surface area contributed by atoms with Crippen LogP contribution in [0.25, 0.3) is 10.9 Å². The number of halogens is 3. The van der Waals surface area contributed by atoms with Crippen molar-refractivity contribution < 1.29 is 32.2 Å². The van der Waals surface area contributed by atoms with Crippen LogP contribution in [-0.4, -0.2) is 52.4 Å². The Bertz CT molecular complexity index is 1230. The van der Waals surface area contributed by atoms with Crippen LogP contribution in [-0.2, 0) is 29.4 Å². The molecule has 3 heterocycles. The lowest BCUT2D eigenvalue weighted by atomic mass is 9.97. The number of carbonyl (C=O) groups is 2. The molecular formula is C22H22F3N5O4. The molecule has 1 aliphatic heterocycles. The quantitative estimate of drug-likeness (QED) is 0.564. The first-order valence-corrected chi connectivity index (χ1v) is 10.4. The Morgan fingerprint density at radius 2 is 2.09 bits per heavy atom. The maximum absolute atomic E-state index is 13.2. The minimum absolute atomic E-state index is 0.0369. The van der Waals surface area contributed by atoms with Crippen LogP contribution in [0.5, 0.6) is 5.75 Å². The number of benzene rings is 1. The number of aryl methyl sites for hydroxylation is 1. The van der Waals surface area contributed by atoms with Crippen LogP contribution >= 0.6 is 0 Å². The van der Waals surface area contributed by atoms with E-state index in [1.165, 1.54) is 29.9 Å². The Morgan fingerprint density at radius 1 is 1.29 bits per heavy atom. The lowest BCUT2D eigenvalue weighted by molar-refractivity contribution is -0.142. The first-order valence-electron chi connectivity index (χ1n) is 10.4. The van der Waals surface area contributed by atoms with Crippen molar-refractivity contribution in [1.82, 2.24) is 25.4 Å². The Kier molecular flexibility index (Phi) is 6.17. The molecule has 1 atom stereocenters. The third-order valence-corrected chi connectivity index (χ3v) is 5.61. The molecule has 180 valence electrons. The molecule has 9 nitrogen and oxygen atoms in total. The van der Waals surface area contributed by atoms with Crippen molar-refractivity contribution >= 4 is 22.7 Å². The van der Waals surface area contributed by atoms with E-state index < -0.39 is 23.3 Å². The highest BCUT2D eigenvalue weighted by molar-refractivity contribution is 6.07. The zero-order valence-corrected chi connectivity index (χ0v) is 18.4. The van der Waals surface area contributed by atoms with Gasteiger partial charge in [-0.2, -0.15) is 18.3 Å². The number of nitrogens with one attached hydrogen (secondary N) is 2. The van der Waals surface area contributed by atoms with E-state index in [1.54, 1.807) is 19.2 Å². The van der Waals surface area contributed by atoms with Crippen molar-refractivity contribution in [3.05, 3.63) is 53.5 Å². The molecule has 1 aromatic carbocycles. The molecular weight excluding hydrogens is 455 g/mol. The van der Waals surface area contributed by atoms with Crippen LogP contribution in [0.3, 0.4) is 0 Å². The second-order valence-electron chi connectivity index (χ2n) is 7.87. The normalized spacial score (nSPS) is 18.1. The van der Waals surface area contributed by atoms with Crippen LogP contribution in [0, 0.1) is 0 Å². The number of likely N-dealkylation sites (N-methyl/N-ethyl adjacent to an activating group) is 1. The number of ether oxygens (including phenoxy) is 2. The molecule has 34 heavy (non-hydrogen) atoms. The zero-order valence-electron chi connectivity index (χ0n) is 18.4. The Balaban J connectivity index is 1.61. The Hall–Kier alpha value is -3.67. The predicted octanol–water partition coefficient (Wildman–Crippen LogP) is 2.20. The average Bonchev–Trinajstić information content (AvgIpc) is 3.40. The Labute approximate surface area is 192 Å². The topological polar surface area (TPSA) is 107 Å². The summed E-state index contributed by atoms with van der Waals surface area (Å²) in [4.78, 5) is 29.0. The van der Waals surface area contributed by atoms with E-state index in [4.69, 9.17) is 9.47 Å². The molecule has 2 N–H and O–H groups in total. The minimum atomic E-state index is -4.61. The molecule has 2 amide bonds. The second-order valence-corrected chi connectivity index (χ2v) is 7.87. The standard InChI is InChI=1S/C22H22F3N5O4/c1-26-20(32)21(7-9-33-12-21)28-19(31)17-15-10-14(5-6-16(15)29-30(17)2)34-11-13-4-3-8-27-18(13)22(23,24)25/h3-6,8,10H,7,9,11-12H2,1-2H3,(H,26,32)(H,28,31). The summed E-state index contributed by atoms with van der Waals surface area (Å²) < 4.78 is 51.9. The average molecular weight is 477 g/mol. The van der Waals surface area contributed by atoms with Gasteiger partial charge < -0.3 is 20.1 Å². The number of hydrogen-bond donors (Lipinski definition) is 2. The molecule has 4 rings (SSSR count). The first kappa shape index (κ1) is 23.5. The fourth-order valence-corrected chi connectivity index (χ4v) is 3.92. The monoisotopic (exact) mass is 477 g/mol. The van der Waals surface area contributed by atoms with Crippen molar-refractivity contribution in [3.8, 4) is 5.75 Å². The van der Waals surface area contributed by atoms with Crippen LogP contribution in [0.15, 0.2) is 36.5 Å². The molecule has 1 aliphatic rings. The minimum Gasteiger partial charge on any atom is -0.489 e. The van der Waals surface area contributed by atoms with E-state index in [0.717, 1.165) is 6.20 Å². The molecule has 0 saturated carbocycles. The summed E-state index contributed by atoms with van der Waals surface area (Å²) in [6.45, 7) is -0.00556. The number of fused-ring (bicyclic) bond motifs is 1. The number of aromatic nitrogens is 3. The summed E-state index contributed by atoms with van der Waals surface area (Å²) in [6, 6.07) is 7.37. The second kappa shape index (κ2) is 8.93. The summed E-state index contributed by atoms with van der Waals surface area (Å²) in [5.74, 6) is -0.662. The van der Waals surface area contributed by atoms with Crippen molar-refractivity contribution in [1.29, 1.82) is 0 Å². The highest BCUT2D eigenvalue weighted by Gasteiger charge is 2.44. The fraction of sp³-hybridized carbons (Fsp3) is 0.364. The lowest BCUT2D eigenvalue weighted by Gasteiger charge is -2.26. The van der Waals surface area contributed by atoms with Crippen molar-refractivity contribution in [3.63, 3.8) is 0 Å². The molecule has 2 aromatic heterocycles. The third kappa shape index (κ3) is 4.40. The molecule has 1 fully saturated rings. The molecule has 0 bridgehead atoms. The highest BCUT2D eigenvalue weighted by atomic mass is 19.4. The van der Waals surface area contributed by atoms with E-state index >= 15 is 0 Å². The summed E-state index contributed by atoms with van der Waals surface area (Å²) in [5, 5.41) is 10.0.